The summed E-state index contributed by atoms with van der Waals surface area (Å²) in [7, 11) is 1.78. The number of amides is 1. The molecule has 1 atom stereocenters. The number of rotatable bonds is 6. The number of carboxylic acids is 1. The van der Waals surface area contributed by atoms with Crippen molar-refractivity contribution < 1.29 is 14.7 Å². The number of nitrogens with zero attached hydrogens (tertiary/aromatic N) is 4. The SMILES string of the molecule is CN(C(=O)Cn1cc(CC(N)C(=O)O)nn1)C1CC1. The van der Waals surface area contributed by atoms with Gasteiger partial charge in [-0.15, -0.1) is 5.10 Å². The Balaban J connectivity index is 1.89. The van der Waals surface area contributed by atoms with Crippen molar-refractivity contribution in [1.82, 2.24) is 19.9 Å². The molecule has 0 aromatic carbocycles. The van der Waals surface area contributed by atoms with E-state index < -0.39 is 12.0 Å². The minimum Gasteiger partial charge on any atom is -0.480 e. The van der Waals surface area contributed by atoms with Crippen molar-refractivity contribution in [2.24, 2.45) is 5.73 Å². The van der Waals surface area contributed by atoms with Gasteiger partial charge in [0.05, 0.1) is 5.69 Å². The van der Waals surface area contributed by atoms with Crippen LogP contribution in [0.1, 0.15) is 18.5 Å². The van der Waals surface area contributed by atoms with Crippen molar-refractivity contribution in [1.29, 1.82) is 0 Å². The van der Waals surface area contributed by atoms with Gasteiger partial charge in [-0.05, 0) is 12.8 Å². The molecule has 3 N–H and O–H groups in total. The van der Waals surface area contributed by atoms with E-state index in [4.69, 9.17) is 10.8 Å². The number of hydrogen-bond acceptors (Lipinski definition) is 5. The zero-order chi connectivity index (χ0) is 14.0. The summed E-state index contributed by atoms with van der Waals surface area (Å²) in [4.78, 5) is 24.2. The van der Waals surface area contributed by atoms with Gasteiger partial charge in [-0.3, -0.25) is 9.59 Å². The molecule has 1 aliphatic carbocycles. The molecule has 1 unspecified atom stereocenters. The maximum Gasteiger partial charge on any atom is 0.320 e. The van der Waals surface area contributed by atoms with Crippen molar-refractivity contribution in [3.05, 3.63) is 11.9 Å². The monoisotopic (exact) mass is 267 g/mol. The molecule has 19 heavy (non-hydrogen) atoms. The number of carbonyl (C=O) groups excluding carboxylic acids is 1. The van der Waals surface area contributed by atoms with E-state index >= 15 is 0 Å². The highest BCUT2D eigenvalue weighted by Gasteiger charge is 2.29. The van der Waals surface area contributed by atoms with Gasteiger partial charge in [-0.2, -0.15) is 0 Å². The number of carbonyl (C=O) groups is 2. The maximum absolute atomic E-state index is 11.9. The average molecular weight is 267 g/mol. The van der Waals surface area contributed by atoms with Gasteiger partial charge in [0.25, 0.3) is 0 Å². The van der Waals surface area contributed by atoms with Gasteiger partial charge in [0.1, 0.15) is 12.6 Å². The van der Waals surface area contributed by atoms with Crippen LogP contribution >= 0.6 is 0 Å². The molecule has 8 nitrogen and oxygen atoms in total. The fourth-order valence-electron chi connectivity index (χ4n) is 1.74. The Morgan fingerprint density at radius 3 is 2.89 bits per heavy atom. The lowest BCUT2D eigenvalue weighted by Gasteiger charge is -2.15. The van der Waals surface area contributed by atoms with E-state index in [1.807, 2.05) is 0 Å². The standard InChI is InChI=1S/C11H17N5O3/c1-15(8-2-3-8)10(17)6-16-5-7(13-14-16)4-9(12)11(18)19/h5,8-9H,2-4,6,12H2,1H3,(H,18,19). The van der Waals surface area contributed by atoms with Gasteiger partial charge in [-0.25, -0.2) is 4.68 Å². The van der Waals surface area contributed by atoms with Gasteiger partial charge in [0.15, 0.2) is 0 Å². The number of aliphatic carboxylic acids is 1. The van der Waals surface area contributed by atoms with Crippen LogP contribution in [0.3, 0.4) is 0 Å². The van der Waals surface area contributed by atoms with Crippen molar-refractivity contribution in [3.63, 3.8) is 0 Å². The lowest BCUT2D eigenvalue weighted by atomic mass is 10.2. The lowest BCUT2D eigenvalue weighted by Crippen LogP contribution is -2.32. The molecule has 1 aliphatic rings. The average Bonchev–Trinajstić information content (AvgIpc) is 3.11. The van der Waals surface area contributed by atoms with Crippen molar-refractivity contribution in [3.8, 4) is 0 Å². The molecule has 0 spiro atoms. The molecule has 1 saturated carbocycles. The summed E-state index contributed by atoms with van der Waals surface area (Å²) >= 11 is 0. The van der Waals surface area contributed by atoms with Crippen LogP contribution in [-0.4, -0.2) is 56.0 Å². The van der Waals surface area contributed by atoms with Crippen LogP contribution in [0.4, 0.5) is 0 Å². The number of likely N-dealkylation sites (N-methyl/N-ethyl adjacent to an activating group) is 1. The molecule has 1 heterocycles. The molecule has 8 heteroatoms. The molecule has 1 aromatic rings. The molecule has 0 radical (unpaired) electrons. The molecule has 1 amide bonds. The first-order valence-electron chi connectivity index (χ1n) is 6.10. The predicted octanol–water partition coefficient (Wildman–Crippen LogP) is -1.15. The molecular formula is C11H17N5O3. The van der Waals surface area contributed by atoms with E-state index in [1.54, 1.807) is 18.1 Å². The highest BCUT2D eigenvalue weighted by atomic mass is 16.4. The molecule has 0 aliphatic heterocycles. The smallest absolute Gasteiger partial charge is 0.320 e. The van der Waals surface area contributed by atoms with Crippen molar-refractivity contribution >= 4 is 11.9 Å². The molecule has 1 aromatic heterocycles. The highest BCUT2D eigenvalue weighted by Crippen LogP contribution is 2.25. The molecule has 0 saturated heterocycles. The summed E-state index contributed by atoms with van der Waals surface area (Å²) in [6.45, 7) is 0.113. The summed E-state index contributed by atoms with van der Waals surface area (Å²) in [6, 6.07) is -0.647. The number of nitrogens with two attached hydrogens (primary N) is 1. The predicted molar refractivity (Wildman–Crippen MR) is 65.1 cm³/mol. The van der Waals surface area contributed by atoms with Crippen LogP contribution in [0.2, 0.25) is 0 Å². The van der Waals surface area contributed by atoms with Crippen LogP contribution in [0.15, 0.2) is 6.20 Å². The second-order valence-electron chi connectivity index (χ2n) is 4.79. The third kappa shape index (κ3) is 3.50. The second-order valence-corrected chi connectivity index (χ2v) is 4.79. The molecule has 1 fully saturated rings. The van der Waals surface area contributed by atoms with Crippen LogP contribution in [0.25, 0.3) is 0 Å². The summed E-state index contributed by atoms with van der Waals surface area (Å²) in [5, 5.41) is 16.3. The van der Waals surface area contributed by atoms with E-state index in [9.17, 15) is 9.59 Å². The maximum atomic E-state index is 11.9. The first kappa shape index (κ1) is 13.5. The van der Waals surface area contributed by atoms with Gasteiger partial charge in [0.2, 0.25) is 5.91 Å². The first-order chi connectivity index (χ1) is 8.97. The Morgan fingerprint density at radius 2 is 2.32 bits per heavy atom. The Morgan fingerprint density at radius 1 is 1.63 bits per heavy atom. The summed E-state index contributed by atoms with van der Waals surface area (Å²) < 4.78 is 1.41. The van der Waals surface area contributed by atoms with Crippen LogP contribution in [0, 0.1) is 0 Å². The van der Waals surface area contributed by atoms with E-state index in [2.05, 4.69) is 10.3 Å². The summed E-state index contributed by atoms with van der Waals surface area (Å²) in [5.41, 5.74) is 5.87. The zero-order valence-electron chi connectivity index (χ0n) is 10.7. The minimum absolute atomic E-state index is 0.0264. The van der Waals surface area contributed by atoms with Crippen LogP contribution in [-0.2, 0) is 22.6 Å². The van der Waals surface area contributed by atoms with Crippen LogP contribution < -0.4 is 5.73 Å². The van der Waals surface area contributed by atoms with Gasteiger partial charge in [0, 0.05) is 25.7 Å². The zero-order valence-corrected chi connectivity index (χ0v) is 10.7. The fraction of sp³-hybridized carbons (Fsp3) is 0.636. The first-order valence-corrected chi connectivity index (χ1v) is 6.10. The third-order valence-corrected chi connectivity index (χ3v) is 3.12. The number of carboxylic acid groups (broad SMARTS) is 1. The van der Waals surface area contributed by atoms with Crippen molar-refractivity contribution in [2.45, 2.75) is 37.9 Å². The van der Waals surface area contributed by atoms with Gasteiger partial charge >= 0.3 is 5.97 Å². The lowest BCUT2D eigenvalue weighted by molar-refractivity contribution is -0.138. The number of aromatic nitrogens is 3. The van der Waals surface area contributed by atoms with Gasteiger partial charge < -0.3 is 15.7 Å². The largest absolute Gasteiger partial charge is 0.480 e. The molecule has 104 valence electrons. The third-order valence-electron chi connectivity index (χ3n) is 3.12. The molecular weight excluding hydrogens is 250 g/mol. The van der Waals surface area contributed by atoms with E-state index in [1.165, 1.54) is 4.68 Å². The Labute approximate surface area is 110 Å². The normalized spacial score (nSPS) is 16.1. The number of hydrogen-bond donors (Lipinski definition) is 2. The van der Waals surface area contributed by atoms with Crippen LogP contribution in [0.5, 0.6) is 0 Å². The minimum atomic E-state index is -1.08. The van der Waals surface area contributed by atoms with E-state index in [0.717, 1.165) is 12.8 Å². The van der Waals surface area contributed by atoms with Crippen molar-refractivity contribution in [2.75, 3.05) is 7.05 Å². The quantitative estimate of drug-likeness (QED) is 0.673. The van der Waals surface area contributed by atoms with Gasteiger partial charge in [-0.1, -0.05) is 5.21 Å². The summed E-state index contributed by atoms with van der Waals surface area (Å²) in [5.74, 6) is -1.11. The molecule has 0 bridgehead atoms. The van der Waals surface area contributed by atoms with E-state index in [-0.39, 0.29) is 18.9 Å². The highest BCUT2D eigenvalue weighted by molar-refractivity contribution is 5.76. The Kier molecular flexibility index (Phi) is 3.79. The fourth-order valence-corrected chi connectivity index (χ4v) is 1.74. The molecule has 2 rings (SSSR count). The Hall–Kier alpha value is -1.96. The topological polar surface area (TPSA) is 114 Å². The Bertz CT molecular complexity index is 482. The summed E-state index contributed by atoms with van der Waals surface area (Å²) in [6.07, 6.45) is 3.76. The second kappa shape index (κ2) is 5.35. The van der Waals surface area contributed by atoms with E-state index in [0.29, 0.717) is 11.7 Å².